The molecule has 19 heavy (non-hydrogen) atoms. The largest absolute Gasteiger partial charge is 0.343 e. The highest BCUT2D eigenvalue weighted by molar-refractivity contribution is 6.31. The lowest BCUT2D eigenvalue weighted by Crippen LogP contribution is -2.05. The maximum atomic E-state index is 13.6. The van der Waals surface area contributed by atoms with Gasteiger partial charge in [0.05, 0.1) is 28.5 Å². The number of alkyl halides is 1. The molecule has 0 aliphatic carbocycles. The molecule has 0 aliphatic rings. The van der Waals surface area contributed by atoms with Crippen molar-refractivity contribution in [2.45, 2.75) is 12.4 Å². The molecule has 8 heteroatoms. The van der Waals surface area contributed by atoms with Gasteiger partial charge in [0, 0.05) is 6.07 Å². The molecule has 0 saturated heterocycles. The highest BCUT2D eigenvalue weighted by atomic mass is 35.5. The summed E-state index contributed by atoms with van der Waals surface area (Å²) in [4.78, 5) is 8.23. The van der Waals surface area contributed by atoms with Gasteiger partial charge in [-0.15, -0.1) is 11.6 Å². The molecule has 0 bridgehead atoms. The molecule has 0 saturated carbocycles. The Morgan fingerprint density at radius 1 is 1.37 bits per heavy atom. The molecule has 98 valence electrons. The van der Waals surface area contributed by atoms with Crippen LogP contribution in [0.25, 0.3) is 11.0 Å². The highest BCUT2D eigenvalue weighted by Crippen LogP contribution is 2.24. The smallest absolute Gasteiger partial charge is 0.213 e. The average molecular weight is 301 g/mol. The second kappa shape index (κ2) is 4.79. The summed E-state index contributed by atoms with van der Waals surface area (Å²) in [5, 5.41) is 3.74. The maximum absolute atomic E-state index is 13.6. The molecule has 3 rings (SSSR count). The van der Waals surface area contributed by atoms with Crippen molar-refractivity contribution in [2.75, 3.05) is 0 Å². The van der Waals surface area contributed by atoms with E-state index >= 15 is 0 Å². The van der Waals surface area contributed by atoms with Crippen LogP contribution in [0, 0.1) is 5.82 Å². The van der Waals surface area contributed by atoms with E-state index in [0.717, 1.165) is 0 Å². The number of halogens is 3. The summed E-state index contributed by atoms with van der Waals surface area (Å²) in [6.45, 7) is 0.302. The molecule has 0 aliphatic heterocycles. The second-order valence-electron chi connectivity index (χ2n) is 3.85. The Kier molecular flexibility index (Phi) is 3.12. The first kappa shape index (κ1) is 12.4. The zero-order valence-electron chi connectivity index (χ0n) is 9.48. The normalized spacial score (nSPS) is 11.3. The maximum Gasteiger partial charge on any atom is 0.213 e. The summed E-state index contributed by atoms with van der Waals surface area (Å²) in [5.74, 6) is 0.722. The molecule has 0 spiro atoms. The number of rotatable bonds is 3. The van der Waals surface area contributed by atoms with Gasteiger partial charge in [0.2, 0.25) is 6.39 Å². The molecule has 3 aromatic rings. The van der Waals surface area contributed by atoms with Crippen LogP contribution in [-0.4, -0.2) is 19.7 Å². The first-order valence-electron chi connectivity index (χ1n) is 5.34. The van der Waals surface area contributed by atoms with E-state index in [4.69, 9.17) is 23.2 Å². The quantitative estimate of drug-likeness (QED) is 0.698. The summed E-state index contributed by atoms with van der Waals surface area (Å²) in [6.07, 6.45) is 1.23. The Labute approximate surface area is 116 Å². The molecule has 0 unspecified atom stereocenters. The molecule has 0 radical (unpaired) electrons. The van der Waals surface area contributed by atoms with Crippen LogP contribution in [0.1, 0.15) is 11.6 Å². The summed E-state index contributed by atoms with van der Waals surface area (Å²) in [7, 11) is 0. The molecule has 0 fully saturated rings. The van der Waals surface area contributed by atoms with Gasteiger partial charge in [0.15, 0.2) is 5.82 Å². The number of fused-ring (bicyclic) bond motifs is 1. The number of hydrogen-bond donors (Lipinski definition) is 0. The van der Waals surface area contributed by atoms with Gasteiger partial charge in [-0.2, -0.15) is 4.98 Å². The van der Waals surface area contributed by atoms with Gasteiger partial charge in [0.1, 0.15) is 11.6 Å². The zero-order valence-corrected chi connectivity index (χ0v) is 11.0. The summed E-state index contributed by atoms with van der Waals surface area (Å²) in [5.41, 5.74) is 1.16. The van der Waals surface area contributed by atoms with E-state index in [1.165, 1.54) is 18.5 Å². The number of benzene rings is 1. The molecule has 5 nitrogen and oxygen atoms in total. The van der Waals surface area contributed by atoms with Crippen LogP contribution in [0.15, 0.2) is 23.0 Å². The van der Waals surface area contributed by atoms with Crippen LogP contribution in [0.5, 0.6) is 0 Å². The first-order chi connectivity index (χ1) is 9.19. The zero-order chi connectivity index (χ0) is 13.4. The predicted octanol–water partition coefficient (Wildman–Crippen LogP) is 3.00. The Morgan fingerprint density at radius 3 is 2.89 bits per heavy atom. The van der Waals surface area contributed by atoms with Crippen LogP contribution < -0.4 is 0 Å². The SMILES string of the molecule is Fc1cc2c(cc1Cl)nc(CCl)n2Cc1ncon1. The number of imidazole rings is 1. The first-order valence-corrected chi connectivity index (χ1v) is 6.25. The third-order valence-corrected chi connectivity index (χ3v) is 3.22. The van der Waals surface area contributed by atoms with Crippen molar-refractivity contribution >= 4 is 34.2 Å². The van der Waals surface area contributed by atoms with Crippen molar-refractivity contribution in [1.82, 2.24) is 19.7 Å². The number of aromatic nitrogens is 4. The minimum absolute atomic E-state index is 0.0258. The second-order valence-corrected chi connectivity index (χ2v) is 4.52. The van der Waals surface area contributed by atoms with E-state index in [9.17, 15) is 4.39 Å². The van der Waals surface area contributed by atoms with E-state index in [0.29, 0.717) is 29.2 Å². The molecule has 0 N–H and O–H groups in total. The topological polar surface area (TPSA) is 56.7 Å². The van der Waals surface area contributed by atoms with E-state index in [1.54, 1.807) is 4.57 Å². The molecule has 0 amide bonds. The molecule has 2 heterocycles. The van der Waals surface area contributed by atoms with Gasteiger partial charge >= 0.3 is 0 Å². The van der Waals surface area contributed by atoms with Crippen molar-refractivity contribution in [3.63, 3.8) is 0 Å². The third-order valence-electron chi connectivity index (χ3n) is 2.70. The predicted molar refractivity (Wildman–Crippen MR) is 67.7 cm³/mol. The van der Waals surface area contributed by atoms with E-state index in [1.807, 2.05) is 0 Å². The monoisotopic (exact) mass is 300 g/mol. The van der Waals surface area contributed by atoms with Gasteiger partial charge in [-0.05, 0) is 6.07 Å². The molecule has 1 aromatic carbocycles. The van der Waals surface area contributed by atoms with Crippen LogP contribution in [0.2, 0.25) is 5.02 Å². The minimum Gasteiger partial charge on any atom is -0.343 e. The fraction of sp³-hybridized carbons (Fsp3) is 0.182. The average Bonchev–Trinajstić information content (AvgIpc) is 3.00. The fourth-order valence-electron chi connectivity index (χ4n) is 1.85. The summed E-state index contributed by atoms with van der Waals surface area (Å²) in [6, 6.07) is 2.79. The Bertz CT molecular complexity index is 726. The van der Waals surface area contributed by atoms with E-state index in [-0.39, 0.29) is 10.9 Å². The van der Waals surface area contributed by atoms with E-state index in [2.05, 4.69) is 19.6 Å². The molecular formula is C11H7Cl2FN4O. The Balaban J connectivity index is 2.17. The van der Waals surface area contributed by atoms with Gasteiger partial charge in [-0.1, -0.05) is 16.8 Å². The van der Waals surface area contributed by atoms with Crippen LogP contribution in [0.3, 0.4) is 0 Å². The minimum atomic E-state index is -0.510. The highest BCUT2D eigenvalue weighted by Gasteiger charge is 2.14. The van der Waals surface area contributed by atoms with Crippen molar-refractivity contribution in [2.24, 2.45) is 0 Å². The van der Waals surface area contributed by atoms with Crippen LogP contribution in [0.4, 0.5) is 4.39 Å². The van der Waals surface area contributed by atoms with Gasteiger partial charge < -0.3 is 9.09 Å². The van der Waals surface area contributed by atoms with Gasteiger partial charge in [-0.3, -0.25) is 0 Å². The van der Waals surface area contributed by atoms with E-state index < -0.39 is 5.82 Å². The molecule has 0 atom stereocenters. The fourth-order valence-corrected chi connectivity index (χ4v) is 2.21. The summed E-state index contributed by atoms with van der Waals surface area (Å²) >= 11 is 11.6. The van der Waals surface area contributed by atoms with Crippen molar-refractivity contribution < 1.29 is 8.91 Å². The lowest BCUT2D eigenvalue weighted by Gasteiger charge is -2.04. The number of nitrogens with zero attached hydrogens (tertiary/aromatic N) is 4. The molecule has 2 aromatic heterocycles. The van der Waals surface area contributed by atoms with Crippen LogP contribution in [-0.2, 0) is 12.4 Å². The van der Waals surface area contributed by atoms with Gasteiger partial charge in [-0.25, -0.2) is 9.37 Å². The Hall–Kier alpha value is -1.66. The summed E-state index contributed by atoms with van der Waals surface area (Å²) < 4.78 is 20.0. The van der Waals surface area contributed by atoms with Gasteiger partial charge in [0.25, 0.3) is 0 Å². The van der Waals surface area contributed by atoms with Crippen LogP contribution >= 0.6 is 23.2 Å². The Morgan fingerprint density at radius 2 is 2.21 bits per heavy atom. The lowest BCUT2D eigenvalue weighted by atomic mass is 10.3. The van der Waals surface area contributed by atoms with Crippen molar-refractivity contribution in [3.05, 3.63) is 41.0 Å². The third kappa shape index (κ3) is 2.17. The van der Waals surface area contributed by atoms with Crippen molar-refractivity contribution in [3.8, 4) is 0 Å². The molecular weight excluding hydrogens is 294 g/mol. The lowest BCUT2D eigenvalue weighted by molar-refractivity contribution is 0.408. The number of hydrogen-bond acceptors (Lipinski definition) is 4. The van der Waals surface area contributed by atoms with Crippen molar-refractivity contribution in [1.29, 1.82) is 0 Å². The standard InChI is InChI=1S/C11H7Cl2FN4O/c12-3-11-16-8-1-6(13)7(14)2-9(8)18(11)4-10-15-5-19-17-10/h1-2,5H,3-4H2.